The van der Waals surface area contributed by atoms with Crippen LogP contribution in [-0.4, -0.2) is 24.8 Å². The van der Waals surface area contributed by atoms with E-state index in [4.69, 9.17) is 4.74 Å². The summed E-state index contributed by atoms with van der Waals surface area (Å²) in [4.78, 5) is 0. The highest BCUT2D eigenvalue weighted by atomic mass is 16.5. The second-order valence-corrected chi connectivity index (χ2v) is 5.85. The van der Waals surface area contributed by atoms with Gasteiger partial charge in [0.15, 0.2) is 0 Å². The van der Waals surface area contributed by atoms with Crippen LogP contribution >= 0.6 is 0 Å². The Bertz CT molecular complexity index is 219. The highest BCUT2D eigenvalue weighted by Crippen LogP contribution is 2.28. The quantitative estimate of drug-likeness (QED) is 0.810. The van der Waals surface area contributed by atoms with Crippen molar-refractivity contribution in [2.75, 3.05) is 6.61 Å². The fraction of sp³-hybridized carbons (Fsp3) is 1.00. The lowest BCUT2D eigenvalue weighted by atomic mass is 9.82. The molecule has 0 radical (unpaired) electrons. The van der Waals surface area contributed by atoms with Crippen LogP contribution in [0, 0.1) is 5.92 Å². The molecule has 1 saturated carbocycles. The number of hydrogen-bond donors (Lipinski definition) is 1. The van der Waals surface area contributed by atoms with Crippen LogP contribution in [0.25, 0.3) is 0 Å². The summed E-state index contributed by atoms with van der Waals surface area (Å²) in [6, 6.07) is 1.50. The predicted octanol–water partition coefficient (Wildman–Crippen LogP) is 3.50. The molecule has 1 aliphatic heterocycles. The molecule has 0 aromatic rings. The largest absolute Gasteiger partial charge is 0.378 e. The van der Waals surface area contributed by atoms with Crippen LogP contribution in [0.2, 0.25) is 0 Å². The van der Waals surface area contributed by atoms with Crippen LogP contribution in [0.4, 0.5) is 0 Å². The number of ether oxygens (including phenoxy) is 1. The number of hydrogen-bond acceptors (Lipinski definition) is 2. The fourth-order valence-electron chi connectivity index (χ4n) is 3.53. The van der Waals surface area contributed by atoms with Crippen molar-refractivity contribution in [2.45, 2.75) is 83.4 Å². The van der Waals surface area contributed by atoms with Crippen LogP contribution in [0.3, 0.4) is 0 Å². The molecule has 1 N–H and O–H groups in total. The summed E-state index contributed by atoms with van der Waals surface area (Å²) in [6.07, 6.45) is 11.2. The van der Waals surface area contributed by atoms with Gasteiger partial charge in [-0.3, -0.25) is 0 Å². The van der Waals surface area contributed by atoms with Gasteiger partial charge in [0, 0.05) is 18.7 Å². The van der Waals surface area contributed by atoms with Crippen LogP contribution in [0.5, 0.6) is 0 Å². The van der Waals surface area contributed by atoms with E-state index >= 15 is 0 Å². The molecular formula is C15H29NO. The monoisotopic (exact) mass is 239 g/mol. The van der Waals surface area contributed by atoms with Crippen molar-refractivity contribution in [2.24, 2.45) is 5.92 Å². The fourth-order valence-corrected chi connectivity index (χ4v) is 3.53. The molecule has 2 nitrogen and oxygen atoms in total. The second kappa shape index (κ2) is 6.75. The van der Waals surface area contributed by atoms with E-state index in [1.165, 1.54) is 51.4 Å². The molecule has 1 aliphatic carbocycles. The summed E-state index contributed by atoms with van der Waals surface area (Å²) >= 11 is 0. The maximum atomic E-state index is 5.76. The topological polar surface area (TPSA) is 21.3 Å². The van der Waals surface area contributed by atoms with Crippen molar-refractivity contribution < 1.29 is 4.74 Å². The molecule has 1 heterocycles. The molecule has 2 aliphatic rings. The van der Waals surface area contributed by atoms with E-state index in [-0.39, 0.29) is 0 Å². The summed E-state index contributed by atoms with van der Waals surface area (Å²) < 4.78 is 5.76. The van der Waals surface area contributed by atoms with Crippen molar-refractivity contribution >= 4 is 0 Å². The van der Waals surface area contributed by atoms with Crippen molar-refractivity contribution in [1.82, 2.24) is 5.32 Å². The molecule has 0 bridgehead atoms. The van der Waals surface area contributed by atoms with E-state index < -0.39 is 0 Å². The first-order chi connectivity index (χ1) is 8.33. The minimum absolute atomic E-state index is 0.505. The van der Waals surface area contributed by atoms with Gasteiger partial charge in [-0.2, -0.15) is 0 Å². The van der Waals surface area contributed by atoms with E-state index in [1.54, 1.807) is 0 Å². The molecule has 2 heteroatoms. The Balaban J connectivity index is 1.81. The summed E-state index contributed by atoms with van der Waals surface area (Å²) in [5.41, 5.74) is 0. The van der Waals surface area contributed by atoms with Gasteiger partial charge in [0.05, 0.1) is 6.10 Å². The van der Waals surface area contributed by atoms with Gasteiger partial charge < -0.3 is 10.1 Å². The average Bonchev–Trinajstić information content (AvgIpc) is 2.39. The van der Waals surface area contributed by atoms with E-state index in [0.717, 1.165) is 18.6 Å². The highest BCUT2D eigenvalue weighted by Gasteiger charge is 2.28. The molecule has 0 spiro atoms. The molecule has 0 amide bonds. The predicted molar refractivity (Wildman–Crippen MR) is 72.2 cm³/mol. The third kappa shape index (κ3) is 3.69. The molecule has 2 fully saturated rings. The second-order valence-electron chi connectivity index (χ2n) is 5.85. The van der Waals surface area contributed by atoms with Gasteiger partial charge in [0.2, 0.25) is 0 Å². The third-order valence-electron chi connectivity index (χ3n) is 4.71. The van der Waals surface area contributed by atoms with Gasteiger partial charge in [-0.15, -0.1) is 0 Å². The van der Waals surface area contributed by atoms with Crippen LogP contribution in [0.1, 0.15) is 65.2 Å². The molecule has 100 valence electrons. The first kappa shape index (κ1) is 13.4. The normalized spacial score (nSPS) is 39.2. The van der Waals surface area contributed by atoms with Crippen LogP contribution < -0.4 is 5.32 Å². The first-order valence-corrected chi connectivity index (χ1v) is 7.71. The van der Waals surface area contributed by atoms with Crippen LogP contribution in [-0.2, 0) is 4.74 Å². The standard InChI is InChI=1S/C15H29NO/c1-3-12-7-5-6-8-15(12)16-13-9-10-17-14(4-2)11-13/h12-16H,3-11H2,1-2H3. The molecule has 0 aromatic carbocycles. The van der Waals surface area contributed by atoms with Crippen LogP contribution in [0.15, 0.2) is 0 Å². The number of nitrogens with one attached hydrogen (secondary N) is 1. The summed E-state index contributed by atoms with van der Waals surface area (Å²) in [5.74, 6) is 0.923. The van der Waals surface area contributed by atoms with E-state index in [9.17, 15) is 0 Å². The SMILES string of the molecule is CCC1CC(NC2CCCCC2CC)CCO1. The maximum absolute atomic E-state index is 5.76. The zero-order valence-electron chi connectivity index (χ0n) is 11.6. The Morgan fingerprint density at radius 1 is 1.06 bits per heavy atom. The molecule has 17 heavy (non-hydrogen) atoms. The lowest BCUT2D eigenvalue weighted by Crippen LogP contribution is -2.47. The van der Waals surface area contributed by atoms with Crippen molar-refractivity contribution in [1.29, 1.82) is 0 Å². The van der Waals surface area contributed by atoms with Crippen molar-refractivity contribution in [3.63, 3.8) is 0 Å². The zero-order chi connectivity index (χ0) is 12.1. The Morgan fingerprint density at radius 2 is 1.88 bits per heavy atom. The minimum atomic E-state index is 0.505. The van der Waals surface area contributed by atoms with E-state index in [1.807, 2.05) is 0 Å². The number of rotatable bonds is 4. The lowest BCUT2D eigenvalue weighted by Gasteiger charge is -2.37. The first-order valence-electron chi connectivity index (χ1n) is 7.71. The van der Waals surface area contributed by atoms with Gasteiger partial charge in [-0.05, 0) is 38.0 Å². The zero-order valence-corrected chi connectivity index (χ0v) is 11.6. The van der Waals surface area contributed by atoms with Gasteiger partial charge in [-0.25, -0.2) is 0 Å². The van der Waals surface area contributed by atoms with E-state index in [2.05, 4.69) is 19.2 Å². The summed E-state index contributed by atoms with van der Waals surface area (Å²) in [7, 11) is 0. The van der Waals surface area contributed by atoms with Gasteiger partial charge in [0.1, 0.15) is 0 Å². The minimum Gasteiger partial charge on any atom is -0.378 e. The molecule has 4 atom stereocenters. The molecule has 4 unspecified atom stereocenters. The maximum Gasteiger partial charge on any atom is 0.0587 e. The van der Waals surface area contributed by atoms with E-state index in [0.29, 0.717) is 12.1 Å². The van der Waals surface area contributed by atoms with Gasteiger partial charge in [0.25, 0.3) is 0 Å². The smallest absolute Gasteiger partial charge is 0.0587 e. The Kier molecular flexibility index (Phi) is 5.30. The molecule has 1 saturated heterocycles. The highest BCUT2D eigenvalue weighted by molar-refractivity contribution is 4.85. The summed E-state index contributed by atoms with van der Waals surface area (Å²) in [6.45, 7) is 5.55. The van der Waals surface area contributed by atoms with Crippen molar-refractivity contribution in [3.8, 4) is 0 Å². The Morgan fingerprint density at radius 3 is 2.65 bits per heavy atom. The lowest BCUT2D eigenvalue weighted by molar-refractivity contribution is -0.00445. The molecular weight excluding hydrogens is 210 g/mol. The molecule has 2 rings (SSSR count). The van der Waals surface area contributed by atoms with Gasteiger partial charge >= 0.3 is 0 Å². The third-order valence-corrected chi connectivity index (χ3v) is 4.71. The molecule has 0 aromatic heterocycles. The Labute approximate surface area is 107 Å². The summed E-state index contributed by atoms with van der Waals surface area (Å²) in [5, 5.41) is 3.94. The van der Waals surface area contributed by atoms with Gasteiger partial charge in [-0.1, -0.05) is 33.1 Å². The Hall–Kier alpha value is -0.0800. The van der Waals surface area contributed by atoms with Crippen molar-refractivity contribution in [3.05, 3.63) is 0 Å². The average molecular weight is 239 g/mol.